The van der Waals surface area contributed by atoms with E-state index in [-0.39, 0.29) is 0 Å². The summed E-state index contributed by atoms with van der Waals surface area (Å²) in [6, 6.07) is 15.5. The predicted octanol–water partition coefficient (Wildman–Crippen LogP) is 3.32. The van der Waals surface area contributed by atoms with E-state index in [4.69, 9.17) is 0 Å². The zero-order chi connectivity index (χ0) is 10.3. The molecule has 0 atom stereocenters. The number of aromatic nitrogens is 1. The topological polar surface area (TPSA) is 34.4 Å². The van der Waals surface area contributed by atoms with Crippen molar-refractivity contribution in [2.75, 3.05) is 0 Å². The van der Waals surface area contributed by atoms with Gasteiger partial charge in [0.2, 0.25) is 0 Å². The highest BCUT2D eigenvalue weighted by Crippen LogP contribution is 2.28. The minimum atomic E-state index is 0.855. The third kappa shape index (κ3) is 1.00. The second-order valence-electron chi connectivity index (χ2n) is 3.43. The van der Waals surface area contributed by atoms with E-state index in [0.29, 0.717) is 0 Å². The summed E-state index contributed by atoms with van der Waals surface area (Å²) in [5.41, 5.74) is 1.71. The van der Waals surface area contributed by atoms with Crippen molar-refractivity contribution < 1.29 is 0 Å². The molecule has 1 aromatic heterocycles. The van der Waals surface area contributed by atoms with Crippen molar-refractivity contribution in [2.45, 2.75) is 0 Å². The van der Waals surface area contributed by atoms with Gasteiger partial charge in [-0.3, -0.25) is 0 Å². The first-order valence-corrected chi connectivity index (χ1v) is 4.73. The molecule has 3 nitrogen and oxygen atoms in total. The third-order valence-electron chi connectivity index (χ3n) is 2.64. The number of para-hydroxylation sites is 2. The summed E-state index contributed by atoms with van der Waals surface area (Å²) >= 11 is 0. The molecule has 0 aliphatic carbocycles. The van der Waals surface area contributed by atoms with Gasteiger partial charge in [0.25, 0.3) is 0 Å². The van der Waals surface area contributed by atoms with Gasteiger partial charge in [0, 0.05) is 10.8 Å². The minimum Gasteiger partial charge on any atom is -0.196 e. The zero-order valence-corrected chi connectivity index (χ0v) is 7.92. The Morgan fingerprint density at radius 2 is 1.27 bits per heavy atom. The molecule has 0 saturated heterocycles. The average Bonchev–Trinajstić information content (AvgIpc) is 2.63. The Hall–Kier alpha value is -2.16. The normalized spacial score (nSPS) is 10.9. The summed E-state index contributed by atoms with van der Waals surface area (Å²) in [6.45, 7) is 0. The van der Waals surface area contributed by atoms with Gasteiger partial charge >= 0.3 is 0 Å². The van der Waals surface area contributed by atoms with Gasteiger partial charge in [-0.1, -0.05) is 36.4 Å². The summed E-state index contributed by atoms with van der Waals surface area (Å²) in [4.78, 5) is 10.8. The molecule has 0 aliphatic rings. The fourth-order valence-corrected chi connectivity index (χ4v) is 1.99. The molecular weight excluding hydrogens is 188 g/mol. The van der Waals surface area contributed by atoms with Crippen molar-refractivity contribution in [3.05, 3.63) is 53.4 Å². The van der Waals surface area contributed by atoms with Crippen molar-refractivity contribution in [3.8, 4) is 0 Å². The lowest BCUT2D eigenvalue weighted by molar-refractivity contribution is 0.953. The maximum atomic E-state index is 10.8. The van der Waals surface area contributed by atoms with Crippen LogP contribution in [0.4, 0.5) is 0 Å². The fraction of sp³-hybridized carbons (Fsp3) is 0. The molecule has 0 saturated carbocycles. The Balaban J connectivity index is 2.68. The molecule has 1 heterocycles. The van der Waals surface area contributed by atoms with Crippen LogP contribution in [0.3, 0.4) is 0 Å². The van der Waals surface area contributed by atoms with E-state index in [1.807, 2.05) is 48.5 Å². The number of fused-ring (bicyclic) bond motifs is 3. The molecule has 0 spiro atoms. The summed E-state index contributed by atoms with van der Waals surface area (Å²) in [6.07, 6.45) is 0. The summed E-state index contributed by atoms with van der Waals surface area (Å²) in [5, 5.41) is 5.18. The first-order chi connectivity index (χ1) is 7.42. The van der Waals surface area contributed by atoms with Crippen LogP contribution in [0.5, 0.6) is 0 Å². The van der Waals surface area contributed by atoms with Gasteiger partial charge in [0.1, 0.15) is 0 Å². The third-order valence-corrected chi connectivity index (χ3v) is 2.64. The quantitative estimate of drug-likeness (QED) is 0.550. The number of rotatable bonds is 1. The molecule has 3 aromatic rings. The van der Waals surface area contributed by atoms with Crippen LogP contribution in [0.15, 0.2) is 53.8 Å². The predicted molar refractivity (Wildman–Crippen MR) is 60.6 cm³/mol. The van der Waals surface area contributed by atoms with Crippen molar-refractivity contribution in [2.24, 2.45) is 5.29 Å². The summed E-state index contributed by atoms with van der Waals surface area (Å²) in [7, 11) is 0. The molecule has 72 valence electrons. The highest BCUT2D eigenvalue weighted by Gasteiger charge is 2.08. The Labute approximate surface area is 85.9 Å². The van der Waals surface area contributed by atoms with Crippen molar-refractivity contribution in [3.63, 3.8) is 0 Å². The summed E-state index contributed by atoms with van der Waals surface area (Å²) < 4.78 is 1.44. The molecule has 0 unspecified atom stereocenters. The van der Waals surface area contributed by atoms with E-state index < -0.39 is 0 Å². The fourth-order valence-electron chi connectivity index (χ4n) is 1.99. The van der Waals surface area contributed by atoms with Crippen LogP contribution in [0.1, 0.15) is 0 Å². The molecule has 3 rings (SSSR count). The van der Waals surface area contributed by atoms with E-state index in [1.54, 1.807) is 0 Å². The first-order valence-electron chi connectivity index (χ1n) is 4.73. The van der Waals surface area contributed by atoms with Crippen LogP contribution in [0.2, 0.25) is 0 Å². The second kappa shape index (κ2) is 2.92. The lowest BCUT2D eigenvalue weighted by Gasteiger charge is -1.92. The molecule has 0 amide bonds. The Morgan fingerprint density at radius 3 is 1.73 bits per heavy atom. The summed E-state index contributed by atoms with van der Waals surface area (Å²) in [5.74, 6) is 0. The SMILES string of the molecule is O=Nn1c2ccccc2c2ccccc21. The van der Waals surface area contributed by atoms with Crippen LogP contribution in [0, 0.1) is 4.91 Å². The molecule has 0 radical (unpaired) electrons. The van der Waals surface area contributed by atoms with E-state index >= 15 is 0 Å². The first kappa shape index (κ1) is 8.17. The number of hydrogen-bond acceptors (Lipinski definition) is 2. The van der Waals surface area contributed by atoms with Gasteiger partial charge in [-0.2, -0.15) is 4.68 Å². The standard InChI is InChI=1S/C12H8N2O/c15-13-14-11-7-3-1-5-9(11)10-6-2-4-8-12(10)14/h1-8H. The minimum absolute atomic E-state index is 0.855. The smallest absolute Gasteiger partial charge is 0.0764 e. The number of nitroso groups, excluding NO2 is 1. The van der Waals surface area contributed by atoms with Crippen LogP contribution in [-0.4, -0.2) is 4.68 Å². The zero-order valence-electron chi connectivity index (χ0n) is 7.92. The largest absolute Gasteiger partial charge is 0.196 e. The Bertz CT molecular complexity index is 602. The monoisotopic (exact) mass is 196 g/mol. The van der Waals surface area contributed by atoms with Gasteiger partial charge in [0.05, 0.1) is 16.3 Å². The molecule has 0 bridgehead atoms. The van der Waals surface area contributed by atoms with Gasteiger partial charge in [0.15, 0.2) is 0 Å². The molecule has 3 heteroatoms. The van der Waals surface area contributed by atoms with E-state index in [0.717, 1.165) is 21.8 Å². The van der Waals surface area contributed by atoms with Gasteiger partial charge in [-0.25, -0.2) is 0 Å². The Morgan fingerprint density at radius 1 is 0.800 bits per heavy atom. The lowest BCUT2D eigenvalue weighted by atomic mass is 10.2. The van der Waals surface area contributed by atoms with Gasteiger partial charge in [-0.05, 0) is 12.1 Å². The highest BCUT2D eigenvalue weighted by atomic mass is 16.3. The number of hydrogen-bond donors (Lipinski definition) is 0. The lowest BCUT2D eigenvalue weighted by Crippen LogP contribution is -1.84. The maximum absolute atomic E-state index is 10.8. The van der Waals surface area contributed by atoms with Crippen LogP contribution in [-0.2, 0) is 0 Å². The van der Waals surface area contributed by atoms with Gasteiger partial charge < -0.3 is 0 Å². The number of nitrogens with zero attached hydrogens (tertiary/aromatic N) is 2. The molecule has 0 N–H and O–H groups in total. The van der Waals surface area contributed by atoms with E-state index in [9.17, 15) is 4.91 Å². The molecule has 15 heavy (non-hydrogen) atoms. The van der Waals surface area contributed by atoms with Crippen LogP contribution < -0.4 is 0 Å². The molecular formula is C12H8N2O. The van der Waals surface area contributed by atoms with Crippen LogP contribution in [0.25, 0.3) is 21.8 Å². The van der Waals surface area contributed by atoms with E-state index in [1.165, 1.54) is 4.68 Å². The van der Waals surface area contributed by atoms with Crippen molar-refractivity contribution in [1.82, 2.24) is 4.68 Å². The highest BCUT2D eigenvalue weighted by molar-refractivity contribution is 6.07. The average molecular weight is 196 g/mol. The van der Waals surface area contributed by atoms with Crippen molar-refractivity contribution in [1.29, 1.82) is 0 Å². The number of benzene rings is 2. The van der Waals surface area contributed by atoms with E-state index in [2.05, 4.69) is 5.29 Å². The van der Waals surface area contributed by atoms with Crippen molar-refractivity contribution >= 4 is 21.8 Å². The van der Waals surface area contributed by atoms with Gasteiger partial charge in [-0.15, -0.1) is 4.91 Å². The second-order valence-corrected chi connectivity index (χ2v) is 3.43. The molecule has 0 aliphatic heterocycles. The maximum Gasteiger partial charge on any atom is 0.0764 e. The molecule has 0 fully saturated rings. The van der Waals surface area contributed by atoms with Crippen LogP contribution >= 0.6 is 0 Å². The Kier molecular flexibility index (Phi) is 1.59. The molecule has 2 aromatic carbocycles.